The first-order chi connectivity index (χ1) is 17.7. The van der Waals surface area contributed by atoms with Gasteiger partial charge in [0.15, 0.2) is 0 Å². The summed E-state index contributed by atoms with van der Waals surface area (Å²) in [4.78, 5) is 22.3. The maximum absolute atomic E-state index is 13.5. The highest BCUT2D eigenvalue weighted by atomic mass is 35.5. The molecule has 1 aliphatic rings. The van der Waals surface area contributed by atoms with E-state index in [0.29, 0.717) is 12.1 Å². The summed E-state index contributed by atoms with van der Waals surface area (Å²) in [6.07, 6.45) is 4.72. The molecule has 5 rings (SSSR count). The van der Waals surface area contributed by atoms with E-state index < -0.39 is 0 Å². The second-order valence-corrected chi connectivity index (χ2v) is 9.16. The zero-order valence-corrected chi connectivity index (χ0v) is 22.7. The maximum Gasteiger partial charge on any atom is 0.254 e. The number of nitriles is 1. The van der Waals surface area contributed by atoms with Crippen molar-refractivity contribution in [3.05, 3.63) is 114 Å². The number of imidazole rings is 1. The first-order valence-electron chi connectivity index (χ1n) is 12.4. The number of amides is 1. The summed E-state index contributed by atoms with van der Waals surface area (Å²) >= 11 is 0. The van der Waals surface area contributed by atoms with Crippen molar-refractivity contribution < 1.29 is 4.79 Å². The topological polar surface area (TPSA) is 65.2 Å². The van der Waals surface area contributed by atoms with Crippen LogP contribution in [0.2, 0.25) is 0 Å². The number of benzene rings is 3. The number of hydrogen-bond donors (Lipinski definition) is 0. The van der Waals surface area contributed by atoms with Crippen LogP contribution >= 0.6 is 24.8 Å². The monoisotopic (exact) mass is 547 g/mol. The summed E-state index contributed by atoms with van der Waals surface area (Å²) in [5.41, 5.74) is 5.76. The molecule has 0 aliphatic carbocycles. The molecule has 1 aromatic heterocycles. The number of hydrogen-bond acceptors (Lipinski definition) is 4. The molecule has 4 aromatic rings. The van der Waals surface area contributed by atoms with Crippen molar-refractivity contribution in [1.29, 1.82) is 5.26 Å². The molecule has 1 saturated heterocycles. The molecular formula is C30H31Cl2N5O. The zero-order chi connectivity index (χ0) is 24.7. The van der Waals surface area contributed by atoms with E-state index in [4.69, 9.17) is 5.26 Å². The van der Waals surface area contributed by atoms with Crippen LogP contribution in [-0.4, -0.2) is 51.4 Å². The Morgan fingerprint density at radius 2 is 1.58 bits per heavy atom. The van der Waals surface area contributed by atoms with Crippen LogP contribution in [0.5, 0.6) is 0 Å². The second kappa shape index (κ2) is 13.8. The fourth-order valence-electron chi connectivity index (χ4n) is 4.77. The lowest BCUT2D eigenvalue weighted by atomic mass is 9.99. The standard InChI is InChI=1S/C30H29N5O.2ClH/c31-19-24-11-13-25(14-12-24)21-35-23-32-20-27(35)22-33-15-6-16-34(18-17-33)30(36)29-10-5-4-9-28(29)26-7-2-1-3-8-26;;/h1-5,7-14,20,23H,6,15-18,21-22H2;2*1H. The molecule has 6 nitrogen and oxygen atoms in total. The third-order valence-corrected chi connectivity index (χ3v) is 6.74. The second-order valence-electron chi connectivity index (χ2n) is 9.16. The number of carbonyl (C=O) groups is 1. The Labute approximate surface area is 236 Å². The predicted octanol–water partition coefficient (Wildman–Crippen LogP) is 5.66. The van der Waals surface area contributed by atoms with Crippen LogP contribution in [0.15, 0.2) is 91.4 Å². The van der Waals surface area contributed by atoms with Gasteiger partial charge in [0.05, 0.1) is 23.7 Å². The average Bonchev–Trinajstić information content (AvgIpc) is 3.22. The van der Waals surface area contributed by atoms with Crippen molar-refractivity contribution in [2.75, 3.05) is 26.2 Å². The molecule has 8 heteroatoms. The van der Waals surface area contributed by atoms with E-state index in [1.54, 1.807) is 0 Å². The largest absolute Gasteiger partial charge is 0.337 e. The number of carbonyl (C=O) groups excluding carboxylic acids is 1. The molecule has 0 bridgehead atoms. The molecule has 0 unspecified atom stereocenters. The lowest BCUT2D eigenvalue weighted by molar-refractivity contribution is 0.0761. The Hall–Kier alpha value is -3.63. The fraction of sp³-hybridized carbons (Fsp3) is 0.233. The van der Waals surface area contributed by atoms with E-state index in [1.165, 1.54) is 0 Å². The Bertz CT molecular complexity index is 1370. The van der Waals surface area contributed by atoms with Gasteiger partial charge in [-0.2, -0.15) is 5.26 Å². The Morgan fingerprint density at radius 3 is 2.34 bits per heavy atom. The summed E-state index contributed by atoms with van der Waals surface area (Å²) in [6.45, 7) is 4.72. The van der Waals surface area contributed by atoms with E-state index in [9.17, 15) is 4.79 Å². The van der Waals surface area contributed by atoms with Crippen LogP contribution in [0.3, 0.4) is 0 Å². The predicted molar refractivity (Wildman–Crippen MR) is 155 cm³/mol. The first kappa shape index (κ1) is 28.9. The lowest BCUT2D eigenvalue weighted by Gasteiger charge is -2.23. The lowest BCUT2D eigenvalue weighted by Crippen LogP contribution is -2.35. The van der Waals surface area contributed by atoms with Crippen LogP contribution < -0.4 is 0 Å². The van der Waals surface area contributed by atoms with E-state index >= 15 is 0 Å². The molecule has 0 radical (unpaired) electrons. The van der Waals surface area contributed by atoms with Gasteiger partial charge in [-0.05, 0) is 41.3 Å². The van der Waals surface area contributed by atoms with Crippen molar-refractivity contribution >= 4 is 30.7 Å². The molecule has 38 heavy (non-hydrogen) atoms. The quantitative estimate of drug-likeness (QED) is 0.312. The summed E-state index contributed by atoms with van der Waals surface area (Å²) in [5.74, 6) is 0.0992. The molecular weight excluding hydrogens is 517 g/mol. The van der Waals surface area contributed by atoms with Crippen LogP contribution in [0.1, 0.15) is 33.6 Å². The third-order valence-electron chi connectivity index (χ3n) is 6.74. The highest BCUT2D eigenvalue weighted by Gasteiger charge is 2.23. The van der Waals surface area contributed by atoms with Crippen LogP contribution in [0.25, 0.3) is 11.1 Å². The molecule has 1 amide bonds. The maximum atomic E-state index is 13.5. The highest BCUT2D eigenvalue weighted by molar-refractivity contribution is 6.00. The number of rotatable bonds is 6. The zero-order valence-electron chi connectivity index (χ0n) is 21.1. The molecule has 3 aromatic carbocycles. The molecule has 0 N–H and O–H groups in total. The number of halogens is 2. The Morgan fingerprint density at radius 1 is 0.842 bits per heavy atom. The molecule has 2 heterocycles. The molecule has 1 aliphatic heterocycles. The SMILES string of the molecule is Cl.Cl.N#Cc1ccc(Cn2cncc2CN2CCCN(C(=O)c3ccccc3-c3ccccc3)CC2)cc1. The number of nitrogens with zero attached hydrogens (tertiary/aromatic N) is 5. The van der Waals surface area contributed by atoms with Gasteiger partial charge in [0.1, 0.15) is 0 Å². The summed E-state index contributed by atoms with van der Waals surface area (Å²) in [7, 11) is 0. The van der Waals surface area contributed by atoms with Crippen molar-refractivity contribution in [3.8, 4) is 17.2 Å². The van der Waals surface area contributed by atoms with Crippen molar-refractivity contribution in [1.82, 2.24) is 19.4 Å². The average molecular weight is 549 g/mol. The molecule has 0 saturated carbocycles. The van der Waals surface area contributed by atoms with Gasteiger partial charge in [0.2, 0.25) is 0 Å². The molecule has 0 spiro atoms. The van der Waals surface area contributed by atoms with E-state index in [0.717, 1.165) is 67.1 Å². The van der Waals surface area contributed by atoms with Crippen molar-refractivity contribution in [2.45, 2.75) is 19.5 Å². The van der Waals surface area contributed by atoms with Crippen molar-refractivity contribution in [3.63, 3.8) is 0 Å². The van der Waals surface area contributed by atoms with Gasteiger partial charge in [0, 0.05) is 51.0 Å². The normalized spacial score (nSPS) is 13.5. The van der Waals surface area contributed by atoms with Gasteiger partial charge < -0.3 is 9.47 Å². The van der Waals surface area contributed by atoms with E-state index in [2.05, 4.69) is 32.7 Å². The summed E-state index contributed by atoms with van der Waals surface area (Å²) in [5, 5.41) is 9.02. The van der Waals surface area contributed by atoms with E-state index in [-0.39, 0.29) is 30.7 Å². The molecule has 1 fully saturated rings. The molecule has 0 atom stereocenters. The minimum Gasteiger partial charge on any atom is -0.337 e. The third kappa shape index (κ3) is 6.81. The highest BCUT2D eigenvalue weighted by Crippen LogP contribution is 2.25. The first-order valence-corrected chi connectivity index (χ1v) is 12.4. The van der Waals surface area contributed by atoms with Gasteiger partial charge in [-0.15, -0.1) is 24.8 Å². The minimum absolute atomic E-state index is 0. The summed E-state index contributed by atoms with van der Waals surface area (Å²) < 4.78 is 2.16. The van der Waals surface area contributed by atoms with Gasteiger partial charge in [-0.25, -0.2) is 4.98 Å². The Kier molecular flexibility index (Phi) is 10.5. The van der Waals surface area contributed by atoms with E-state index in [1.807, 2.05) is 84.2 Å². The fourth-order valence-corrected chi connectivity index (χ4v) is 4.77. The minimum atomic E-state index is 0. The van der Waals surface area contributed by atoms with Gasteiger partial charge in [0.25, 0.3) is 5.91 Å². The smallest absolute Gasteiger partial charge is 0.254 e. The van der Waals surface area contributed by atoms with Crippen molar-refractivity contribution in [2.24, 2.45) is 0 Å². The van der Waals surface area contributed by atoms with Crippen LogP contribution in [0.4, 0.5) is 0 Å². The Balaban J connectivity index is 0.00000200. The van der Waals surface area contributed by atoms with Crippen LogP contribution in [-0.2, 0) is 13.1 Å². The van der Waals surface area contributed by atoms with Gasteiger partial charge in [-0.3, -0.25) is 9.69 Å². The van der Waals surface area contributed by atoms with Gasteiger partial charge >= 0.3 is 0 Å². The van der Waals surface area contributed by atoms with Gasteiger partial charge in [-0.1, -0.05) is 60.7 Å². The number of aromatic nitrogens is 2. The summed E-state index contributed by atoms with van der Waals surface area (Å²) in [6, 6.07) is 27.9. The molecule has 196 valence electrons. The van der Waals surface area contributed by atoms with Crippen LogP contribution in [0, 0.1) is 11.3 Å².